The molecule has 124 valence electrons. The van der Waals surface area contributed by atoms with Crippen LogP contribution >= 0.6 is 0 Å². The van der Waals surface area contributed by atoms with Crippen LogP contribution in [-0.4, -0.2) is 36.6 Å². The summed E-state index contributed by atoms with van der Waals surface area (Å²) in [5.74, 6) is 0.500. The van der Waals surface area contributed by atoms with Gasteiger partial charge in [-0.1, -0.05) is 30.3 Å². The Bertz CT molecular complexity index is 722. The van der Waals surface area contributed by atoms with Crippen LogP contribution < -0.4 is 4.74 Å². The topological polar surface area (TPSA) is 38.8 Å². The van der Waals surface area contributed by atoms with Gasteiger partial charge in [0.15, 0.2) is 6.10 Å². The quantitative estimate of drug-likeness (QED) is 0.851. The molecule has 2 aliphatic rings. The van der Waals surface area contributed by atoms with Crippen molar-refractivity contribution in [3.8, 4) is 5.75 Å². The number of hydrogen-bond acceptors (Lipinski definition) is 3. The largest absolute Gasteiger partial charge is 0.480 e. The molecule has 2 atom stereocenters. The van der Waals surface area contributed by atoms with Crippen molar-refractivity contribution in [2.24, 2.45) is 0 Å². The van der Waals surface area contributed by atoms with Crippen molar-refractivity contribution in [1.29, 1.82) is 0 Å². The highest BCUT2D eigenvalue weighted by atomic mass is 19.1. The monoisotopic (exact) mass is 327 g/mol. The van der Waals surface area contributed by atoms with E-state index in [9.17, 15) is 9.18 Å². The van der Waals surface area contributed by atoms with Gasteiger partial charge in [-0.15, -0.1) is 0 Å². The Balaban J connectivity index is 1.45. The van der Waals surface area contributed by atoms with Crippen molar-refractivity contribution >= 4 is 5.91 Å². The first kappa shape index (κ1) is 15.1. The number of nitrogens with zero attached hydrogens (tertiary/aromatic N) is 1. The number of halogens is 1. The van der Waals surface area contributed by atoms with Gasteiger partial charge >= 0.3 is 0 Å². The molecule has 0 saturated carbocycles. The van der Waals surface area contributed by atoms with Gasteiger partial charge in [0.1, 0.15) is 17.7 Å². The van der Waals surface area contributed by atoms with E-state index < -0.39 is 6.10 Å². The molecule has 0 N–H and O–H groups in total. The maximum Gasteiger partial charge on any atom is 0.264 e. The van der Waals surface area contributed by atoms with E-state index in [0.29, 0.717) is 26.1 Å². The minimum atomic E-state index is -0.464. The maximum absolute atomic E-state index is 13.1. The lowest BCUT2D eigenvalue weighted by molar-refractivity contribution is -0.145. The average molecular weight is 327 g/mol. The van der Waals surface area contributed by atoms with E-state index >= 15 is 0 Å². The molecule has 0 unspecified atom stereocenters. The van der Waals surface area contributed by atoms with Gasteiger partial charge in [-0.05, 0) is 29.3 Å². The maximum atomic E-state index is 13.1. The molecule has 2 aromatic rings. The second-order valence-corrected chi connectivity index (χ2v) is 6.11. The Hall–Kier alpha value is -2.40. The zero-order valence-corrected chi connectivity index (χ0v) is 13.2. The molecule has 0 bridgehead atoms. The van der Waals surface area contributed by atoms with E-state index in [2.05, 4.69) is 0 Å². The molecule has 0 aromatic heterocycles. The first-order chi connectivity index (χ1) is 11.7. The minimum absolute atomic E-state index is 0.0124. The molecule has 2 aromatic carbocycles. The third kappa shape index (κ3) is 2.87. The van der Waals surface area contributed by atoms with Gasteiger partial charge in [0.2, 0.25) is 0 Å². The molecular weight excluding hydrogens is 309 g/mol. The summed E-state index contributed by atoms with van der Waals surface area (Å²) in [6, 6.07) is 14.0. The van der Waals surface area contributed by atoms with E-state index in [-0.39, 0.29) is 17.8 Å². The number of fused-ring (bicyclic) bond motifs is 1. The molecule has 0 radical (unpaired) electrons. The number of hydrogen-bond donors (Lipinski definition) is 0. The zero-order valence-electron chi connectivity index (χ0n) is 13.2. The van der Waals surface area contributed by atoms with Crippen LogP contribution in [0.4, 0.5) is 4.39 Å². The number of carbonyl (C=O) groups is 1. The number of rotatable bonds is 2. The molecule has 5 heteroatoms. The molecular formula is C19H18FNO3. The third-order valence-corrected chi connectivity index (χ3v) is 4.54. The van der Waals surface area contributed by atoms with E-state index in [4.69, 9.17) is 9.47 Å². The standard InChI is InChI=1S/C19H18FNO3/c20-15-7-5-13(6-8-15)18-12-21(9-10-23-18)19(22)17-11-14-3-1-2-4-16(14)24-17/h1-8,17-18H,9-12H2/t17-,18+/m0/s1. The normalized spacial score (nSPS) is 22.8. The fourth-order valence-electron chi connectivity index (χ4n) is 3.25. The van der Waals surface area contributed by atoms with E-state index in [1.807, 2.05) is 24.3 Å². The summed E-state index contributed by atoms with van der Waals surface area (Å²) in [5.41, 5.74) is 1.95. The zero-order chi connectivity index (χ0) is 16.5. The number of amides is 1. The van der Waals surface area contributed by atoms with Gasteiger partial charge in [0.05, 0.1) is 13.2 Å². The number of morpholine rings is 1. The SMILES string of the molecule is O=C([C@@H]1Cc2ccccc2O1)N1CCO[C@@H](c2ccc(F)cc2)C1. The lowest BCUT2D eigenvalue weighted by atomic mass is 10.1. The summed E-state index contributed by atoms with van der Waals surface area (Å²) >= 11 is 0. The van der Waals surface area contributed by atoms with Crippen LogP contribution in [0.25, 0.3) is 0 Å². The Labute approximate surface area is 139 Å². The first-order valence-electron chi connectivity index (χ1n) is 8.11. The van der Waals surface area contributed by atoms with Crippen molar-refractivity contribution in [1.82, 2.24) is 4.90 Å². The second kappa shape index (κ2) is 6.24. The summed E-state index contributed by atoms with van der Waals surface area (Å²) in [4.78, 5) is 14.6. The van der Waals surface area contributed by atoms with Crippen molar-refractivity contribution in [2.75, 3.05) is 19.7 Å². The van der Waals surface area contributed by atoms with Gasteiger partial charge in [0, 0.05) is 13.0 Å². The molecule has 1 saturated heterocycles. The van der Waals surface area contributed by atoms with Crippen molar-refractivity contribution in [2.45, 2.75) is 18.6 Å². The molecule has 2 heterocycles. The van der Waals surface area contributed by atoms with Crippen LogP contribution in [0.5, 0.6) is 5.75 Å². The van der Waals surface area contributed by atoms with E-state index in [1.54, 1.807) is 17.0 Å². The van der Waals surface area contributed by atoms with Gasteiger partial charge in [0.25, 0.3) is 5.91 Å². The van der Waals surface area contributed by atoms with Crippen molar-refractivity contribution in [3.63, 3.8) is 0 Å². The highest BCUT2D eigenvalue weighted by molar-refractivity contribution is 5.82. The fraction of sp³-hybridized carbons (Fsp3) is 0.316. The number of benzene rings is 2. The predicted octanol–water partition coefficient (Wildman–Crippen LogP) is 2.73. The Morgan fingerprint density at radius 1 is 1.12 bits per heavy atom. The van der Waals surface area contributed by atoms with Crippen LogP contribution in [0.3, 0.4) is 0 Å². The van der Waals surface area contributed by atoms with Gasteiger partial charge < -0.3 is 14.4 Å². The summed E-state index contributed by atoms with van der Waals surface area (Å²) < 4.78 is 24.6. The smallest absolute Gasteiger partial charge is 0.264 e. The third-order valence-electron chi connectivity index (χ3n) is 4.54. The van der Waals surface area contributed by atoms with E-state index in [1.165, 1.54) is 12.1 Å². The lowest BCUT2D eigenvalue weighted by Gasteiger charge is -2.34. The number of carbonyl (C=O) groups excluding carboxylic acids is 1. The highest BCUT2D eigenvalue weighted by Crippen LogP contribution is 2.30. The second-order valence-electron chi connectivity index (χ2n) is 6.11. The van der Waals surface area contributed by atoms with Crippen LogP contribution in [0.2, 0.25) is 0 Å². The summed E-state index contributed by atoms with van der Waals surface area (Å²) in [5, 5.41) is 0. The molecule has 24 heavy (non-hydrogen) atoms. The fourth-order valence-corrected chi connectivity index (χ4v) is 3.25. The molecule has 1 amide bonds. The van der Waals surface area contributed by atoms with Gasteiger partial charge in [-0.25, -0.2) is 4.39 Å². The van der Waals surface area contributed by atoms with Gasteiger partial charge in [-0.3, -0.25) is 4.79 Å². The van der Waals surface area contributed by atoms with Crippen LogP contribution in [0, 0.1) is 5.82 Å². The first-order valence-corrected chi connectivity index (χ1v) is 8.11. The highest BCUT2D eigenvalue weighted by Gasteiger charge is 2.34. The number of ether oxygens (including phenoxy) is 2. The summed E-state index contributed by atoms with van der Waals surface area (Å²) in [7, 11) is 0. The van der Waals surface area contributed by atoms with Crippen LogP contribution in [0.15, 0.2) is 48.5 Å². The lowest BCUT2D eigenvalue weighted by Crippen LogP contribution is -2.47. The average Bonchev–Trinajstić information content (AvgIpc) is 3.06. The molecule has 4 nitrogen and oxygen atoms in total. The van der Waals surface area contributed by atoms with Crippen LogP contribution in [-0.2, 0) is 16.0 Å². The molecule has 1 fully saturated rings. The predicted molar refractivity (Wildman–Crippen MR) is 86.2 cm³/mol. The number of para-hydroxylation sites is 1. The Morgan fingerprint density at radius 3 is 2.71 bits per heavy atom. The summed E-state index contributed by atoms with van der Waals surface area (Å²) in [6.45, 7) is 1.47. The van der Waals surface area contributed by atoms with E-state index in [0.717, 1.165) is 16.9 Å². The van der Waals surface area contributed by atoms with Crippen LogP contribution in [0.1, 0.15) is 17.2 Å². The van der Waals surface area contributed by atoms with Gasteiger partial charge in [-0.2, -0.15) is 0 Å². The Morgan fingerprint density at radius 2 is 1.92 bits per heavy atom. The molecule has 2 aliphatic heterocycles. The molecule has 0 aliphatic carbocycles. The van der Waals surface area contributed by atoms with Crippen molar-refractivity contribution < 1.29 is 18.7 Å². The Kier molecular flexibility index (Phi) is 3.94. The molecule has 0 spiro atoms. The summed E-state index contributed by atoms with van der Waals surface area (Å²) in [6.07, 6.45) is -0.0884. The minimum Gasteiger partial charge on any atom is -0.480 e. The van der Waals surface area contributed by atoms with Crippen molar-refractivity contribution in [3.05, 3.63) is 65.5 Å². The molecule has 4 rings (SSSR count).